The molecule has 22 heavy (non-hydrogen) atoms. The Balaban J connectivity index is 2.13. The van der Waals surface area contributed by atoms with E-state index in [9.17, 15) is 4.79 Å². The van der Waals surface area contributed by atoms with Crippen molar-refractivity contribution in [1.82, 2.24) is 10.6 Å². The molecule has 1 unspecified atom stereocenters. The zero-order chi connectivity index (χ0) is 16.8. The molecule has 1 amide bonds. The average Bonchev–Trinajstić information content (AvgIpc) is 2.36. The van der Waals surface area contributed by atoms with Crippen LogP contribution in [0.4, 0.5) is 4.79 Å². The molecule has 1 aliphatic rings. The zero-order valence-electron chi connectivity index (χ0n) is 15.4. The summed E-state index contributed by atoms with van der Waals surface area (Å²) in [6, 6.07) is 0.790. The zero-order valence-corrected chi connectivity index (χ0v) is 15.4. The minimum absolute atomic E-state index is 0.134. The number of nitrogens with one attached hydrogen (secondary N) is 2. The van der Waals surface area contributed by atoms with Gasteiger partial charge in [-0.2, -0.15) is 0 Å². The predicted octanol–water partition coefficient (Wildman–Crippen LogP) is 4.09. The van der Waals surface area contributed by atoms with E-state index in [1.807, 2.05) is 27.7 Å². The first-order chi connectivity index (χ1) is 10.2. The first-order valence-corrected chi connectivity index (χ1v) is 8.90. The van der Waals surface area contributed by atoms with E-state index in [4.69, 9.17) is 4.74 Å². The van der Waals surface area contributed by atoms with Crippen molar-refractivity contribution in [3.8, 4) is 0 Å². The molecule has 4 nitrogen and oxygen atoms in total. The largest absolute Gasteiger partial charge is 0.444 e. The van der Waals surface area contributed by atoms with Gasteiger partial charge in [-0.25, -0.2) is 4.79 Å². The van der Waals surface area contributed by atoms with Crippen LogP contribution in [-0.4, -0.2) is 30.3 Å². The van der Waals surface area contributed by atoms with E-state index in [2.05, 4.69) is 24.5 Å². The second-order valence-corrected chi connectivity index (χ2v) is 8.15. The summed E-state index contributed by atoms with van der Waals surface area (Å²) in [5.41, 5.74) is -0.433. The van der Waals surface area contributed by atoms with Gasteiger partial charge in [-0.1, -0.05) is 13.8 Å². The molecule has 4 heteroatoms. The molecular weight excluding hydrogens is 276 g/mol. The van der Waals surface area contributed by atoms with Gasteiger partial charge in [0.25, 0.3) is 0 Å². The Morgan fingerprint density at radius 2 is 1.73 bits per heavy atom. The van der Waals surface area contributed by atoms with Crippen LogP contribution in [0.5, 0.6) is 0 Å². The lowest BCUT2D eigenvalue weighted by atomic mass is 9.80. The fourth-order valence-corrected chi connectivity index (χ4v) is 3.07. The maximum absolute atomic E-state index is 11.7. The molecule has 0 spiro atoms. The second kappa shape index (κ2) is 8.76. The van der Waals surface area contributed by atoms with E-state index in [1.54, 1.807) is 0 Å². The summed E-state index contributed by atoms with van der Waals surface area (Å²) in [7, 11) is 0. The normalized spacial score (nSPS) is 24.1. The molecule has 0 aromatic heterocycles. The summed E-state index contributed by atoms with van der Waals surface area (Å²) in [4.78, 5) is 11.7. The highest BCUT2D eigenvalue weighted by Gasteiger charge is 2.23. The van der Waals surface area contributed by atoms with Crippen molar-refractivity contribution in [3.05, 3.63) is 0 Å². The number of hydrogen-bond acceptors (Lipinski definition) is 3. The second-order valence-electron chi connectivity index (χ2n) is 8.15. The molecule has 1 fully saturated rings. The summed E-state index contributed by atoms with van der Waals surface area (Å²) in [5.74, 6) is 1.73. The number of ether oxygens (including phenoxy) is 1. The minimum Gasteiger partial charge on any atom is -0.444 e. The van der Waals surface area contributed by atoms with Crippen LogP contribution in [-0.2, 0) is 4.74 Å². The Kier molecular flexibility index (Phi) is 7.67. The Labute approximate surface area is 136 Å². The van der Waals surface area contributed by atoms with Gasteiger partial charge in [0, 0.05) is 12.1 Å². The van der Waals surface area contributed by atoms with Crippen LogP contribution in [0.1, 0.15) is 73.6 Å². The Bertz CT molecular complexity index is 328. The lowest BCUT2D eigenvalue weighted by molar-refractivity contribution is 0.0506. The smallest absolute Gasteiger partial charge is 0.407 e. The van der Waals surface area contributed by atoms with Gasteiger partial charge >= 0.3 is 6.09 Å². The molecule has 1 rings (SSSR count). The van der Waals surface area contributed by atoms with Crippen LogP contribution in [0.25, 0.3) is 0 Å². The Morgan fingerprint density at radius 1 is 1.14 bits per heavy atom. The molecule has 0 aliphatic heterocycles. The molecule has 0 radical (unpaired) electrons. The van der Waals surface area contributed by atoms with Gasteiger partial charge < -0.3 is 15.4 Å². The monoisotopic (exact) mass is 312 g/mol. The minimum atomic E-state index is -0.433. The highest BCUT2D eigenvalue weighted by atomic mass is 16.6. The van der Waals surface area contributed by atoms with Crippen LogP contribution in [0.3, 0.4) is 0 Å². The third kappa shape index (κ3) is 8.02. The third-order valence-electron chi connectivity index (χ3n) is 4.49. The van der Waals surface area contributed by atoms with Gasteiger partial charge in [-0.3, -0.25) is 0 Å². The molecule has 0 heterocycles. The quantitative estimate of drug-likeness (QED) is 0.776. The SMILES string of the molecule is CC(CCNC1CCC(C(C)C)CC1)NC(=O)OC(C)(C)C. The Hall–Kier alpha value is -0.770. The standard InChI is InChI=1S/C18H36N2O2/c1-13(2)15-7-9-16(10-8-15)19-12-11-14(3)20-17(21)22-18(4,5)6/h13-16,19H,7-12H2,1-6H3,(H,20,21). The Morgan fingerprint density at radius 3 is 2.23 bits per heavy atom. The van der Waals surface area contributed by atoms with Crippen molar-refractivity contribution in [2.75, 3.05) is 6.54 Å². The van der Waals surface area contributed by atoms with Gasteiger partial charge in [0.1, 0.15) is 5.60 Å². The molecule has 130 valence electrons. The molecule has 0 aromatic rings. The topological polar surface area (TPSA) is 50.4 Å². The summed E-state index contributed by atoms with van der Waals surface area (Å²) in [5, 5.41) is 6.54. The molecule has 0 aromatic carbocycles. The summed E-state index contributed by atoms with van der Waals surface area (Å²) < 4.78 is 5.27. The highest BCUT2D eigenvalue weighted by molar-refractivity contribution is 5.67. The average molecular weight is 312 g/mol. The molecule has 1 aliphatic carbocycles. The van der Waals surface area contributed by atoms with E-state index < -0.39 is 5.60 Å². The number of hydrogen-bond donors (Lipinski definition) is 2. The first kappa shape index (κ1) is 19.3. The van der Waals surface area contributed by atoms with Crippen molar-refractivity contribution in [3.63, 3.8) is 0 Å². The number of carbonyl (C=O) groups excluding carboxylic acids is 1. The fraction of sp³-hybridized carbons (Fsp3) is 0.944. The molecule has 2 N–H and O–H groups in total. The van der Waals surface area contributed by atoms with E-state index in [0.29, 0.717) is 6.04 Å². The van der Waals surface area contributed by atoms with Gasteiger partial charge in [0.05, 0.1) is 0 Å². The lowest BCUT2D eigenvalue weighted by Gasteiger charge is -2.31. The van der Waals surface area contributed by atoms with Gasteiger partial charge in [-0.15, -0.1) is 0 Å². The van der Waals surface area contributed by atoms with Gasteiger partial charge in [-0.05, 0) is 78.2 Å². The number of amides is 1. The van der Waals surface area contributed by atoms with E-state index >= 15 is 0 Å². The van der Waals surface area contributed by atoms with Gasteiger partial charge in [0.15, 0.2) is 0 Å². The van der Waals surface area contributed by atoms with E-state index in [1.165, 1.54) is 25.7 Å². The fourth-order valence-electron chi connectivity index (χ4n) is 3.07. The molecular formula is C18H36N2O2. The molecule has 0 saturated heterocycles. The summed E-state index contributed by atoms with van der Waals surface area (Å²) in [6.45, 7) is 13.3. The van der Waals surface area contributed by atoms with Crippen molar-refractivity contribution in [2.24, 2.45) is 11.8 Å². The van der Waals surface area contributed by atoms with Crippen LogP contribution >= 0.6 is 0 Å². The lowest BCUT2D eigenvalue weighted by Crippen LogP contribution is -2.40. The predicted molar refractivity (Wildman–Crippen MR) is 92.0 cm³/mol. The van der Waals surface area contributed by atoms with Crippen molar-refractivity contribution < 1.29 is 9.53 Å². The summed E-state index contributed by atoms with van der Waals surface area (Å²) >= 11 is 0. The van der Waals surface area contributed by atoms with E-state index in [0.717, 1.165) is 24.8 Å². The van der Waals surface area contributed by atoms with Crippen LogP contribution < -0.4 is 10.6 Å². The highest BCUT2D eigenvalue weighted by Crippen LogP contribution is 2.29. The van der Waals surface area contributed by atoms with Gasteiger partial charge in [0.2, 0.25) is 0 Å². The third-order valence-corrected chi connectivity index (χ3v) is 4.49. The first-order valence-electron chi connectivity index (χ1n) is 8.90. The van der Waals surface area contributed by atoms with Crippen molar-refractivity contribution in [2.45, 2.75) is 91.3 Å². The van der Waals surface area contributed by atoms with Crippen molar-refractivity contribution in [1.29, 1.82) is 0 Å². The maximum Gasteiger partial charge on any atom is 0.407 e. The number of alkyl carbamates (subject to hydrolysis) is 1. The van der Waals surface area contributed by atoms with Crippen molar-refractivity contribution >= 4 is 6.09 Å². The summed E-state index contributed by atoms with van der Waals surface area (Å²) in [6.07, 6.45) is 5.89. The molecule has 0 bridgehead atoms. The molecule has 1 saturated carbocycles. The van der Waals surface area contributed by atoms with E-state index in [-0.39, 0.29) is 12.1 Å². The van der Waals surface area contributed by atoms with Crippen LogP contribution in [0.15, 0.2) is 0 Å². The maximum atomic E-state index is 11.7. The van der Waals surface area contributed by atoms with Crippen LogP contribution in [0, 0.1) is 11.8 Å². The number of carbonyl (C=O) groups is 1. The van der Waals surface area contributed by atoms with Crippen LogP contribution in [0.2, 0.25) is 0 Å². The molecule has 1 atom stereocenters. The number of rotatable bonds is 6.